The van der Waals surface area contributed by atoms with Crippen molar-refractivity contribution in [1.29, 1.82) is 0 Å². The van der Waals surface area contributed by atoms with E-state index in [0.717, 1.165) is 13.0 Å². The summed E-state index contributed by atoms with van der Waals surface area (Å²) in [4.78, 5) is 14.1. The van der Waals surface area contributed by atoms with Gasteiger partial charge in [-0.1, -0.05) is 0 Å². The van der Waals surface area contributed by atoms with E-state index in [2.05, 4.69) is 5.32 Å². The highest BCUT2D eigenvalue weighted by molar-refractivity contribution is 7.89. The molecule has 0 bridgehead atoms. The molecule has 156 valence electrons. The SMILES string of the molecule is C[C@@H]1CN(S(=O)(=O)c2ccc(C(=O)NCCC[NH+]3CCCC3)cc2)C[C@H](C)O1. The van der Waals surface area contributed by atoms with Crippen LogP contribution in [0.1, 0.15) is 43.5 Å². The van der Waals surface area contributed by atoms with Crippen molar-refractivity contribution in [2.45, 2.75) is 50.2 Å². The van der Waals surface area contributed by atoms with E-state index in [1.165, 1.54) is 42.4 Å². The minimum absolute atomic E-state index is 0.133. The number of nitrogens with zero attached hydrogens (tertiary/aromatic N) is 1. The third-order valence-electron chi connectivity index (χ3n) is 5.44. The predicted octanol–water partition coefficient (Wildman–Crippen LogP) is 0.283. The van der Waals surface area contributed by atoms with Gasteiger partial charge < -0.3 is 15.0 Å². The lowest BCUT2D eigenvalue weighted by atomic mass is 10.2. The van der Waals surface area contributed by atoms with Crippen LogP contribution in [0.25, 0.3) is 0 Å². The molecule has 2 heterocycles. The highest BCUT2D eigenvalue weighted by Crippen LogP contribution is 2.21. The highest BCUT2D eigenvalue weighted by Gasteiger charge is 2.32. The maximum absolute atomic E-state index is 12.9. The molecule has 0 spiro atoms. The van der Waals surface area contributed by atoms with Crippen molar-refractivity contribution < 1.29 is 22.8 Å². The van der Waals surface area contributed by atoms with Crippen molar-refractivity contribution in [1.82, 2.24) is 9.62 Å². The lowest BCUT2D eigenvalue weighted by molar-refractivity contribution is -0.887. The Hall–Kier alpha value is -1.48. The number of quaternary nitrogens is 1. The van der Waals surface area contributed by atoms with Gasteiger partial charge in [0.25, 0.3) is 5.91 Å². The van der Waals surface area contributed by atoms with E-state index in [4.69, 9.17) is 4.74 Å². The second-order valence-electron chi connectivity index (χ2n) is 7.92. The van der Waals surface area contributed by atoms with Crippen LogP contribution in [0.15, 0.2) is 29.2 Å². The predicted molar refractivity (Wildman–Crippen MR) is 107 cm³/mol. The van der Waals surface area contributed by atoms with E-state index in [0.29, 0.717) is 25.2 Å². The van der Waals surface area contributed by atoms with Gasteiger partial charge in [0.15, 0.2) is 0 Å². The molecule has 2 N–H and O–H groups in total. The van der Waals surface area contributed by atoms with Crippen LogP contribution in [-0.4, -0.2) is 70.1 Å². The summed E-state index contributed by atoms with van der Waals surface area (Å²) in [7, 11) is -3.58. The van der Waals surface area contributed by atoms with Gasteiger partial charge in [-0.15, -0.1) is 0 Å². The second kappa shape index (κ2) is 9.35. The number of benzene rings is 1. The molecule has 0 aromatic heterocycles. The van der Waals surface area contributed by atoms with E-state index < -0.39 is 10.0 Å². The van der Waals surface area contributed by atoms with Crippen molar-refractivity contribution in [3.05, 3.63) is 29.8 Å². The summed E-state index contributed by atoms with van der Waals surface area (Å²) >= 11 is 0. The van der Waals surface area contributed by atoms with Crippen LogP contribution in [0.3, 0.4) is 0 Å². The number of ether oxygens (including phenoxy) is 1. The molecular weight excluding hydrogens is 378 g/mol. The molecule has 2 saturated heterocycles. The fraction of sp³-hybridized carbons (Fsp3) is 0.650. The van der Waals surface area contributed by atoms with Crippen molar-refractivity contribution in [3.63, 3.8) is 0 Å². The molecule has 2 aliphatic rings. The molecular formula is C20H32N3O4S+. The monoisotopic (exact) mass is 410 g/mol. The molecule has 28 heavy (non-hydrogen) atoms. The lowest BCUT2D eigenvalue weighted by Gasteiger charge is -2.34. The van der Waals surface area contributed by atoms with Gasteiger partial charge in [0.1, 0.15) is 0 Å². The van der Waals surface area contributed by atoms with Gasteiger partial charge in [-0.05, 0) is 38.1 Å². The summed E-state index contributed by atoms with van der Waals surface area (Å²) in [6, 6.07) is 6.20. The Morgan fingerprint density at radius 2 is 1.75 bits per heavy atom. The summed E-state index contributed by atoms with van der Waals surface area (Å²) in [5, 5.41) is 2.93. The largest absolute Gasteiger partial charge is 0.373 e. The van der Waals surface area contributed by atoms with Gasteiger partial charge in [-0.2, -0.15) is 4.31 Å². The minimum Gasteiger partial charge on any atom is -0.373 e. The number of rotatable bonds is 7. The Bertz CT molecular complexity index is 750. The Kier molecular flexibility index (Phi) is 7.09. The number of hydrogen-bond acceptors (Lipinski definition) is 4. The molecule has 2 fully saturated rings. The highest BCUT2D eigenvalue weighted by atomic mass is 32.2. The van der Waals surface area contributed by atoms with Crippen molar-refractivity contribution >= 4 is 15.9 Å². The molecule has 8 heteroatoms. The summed E-state index contributed by atoms with van der Waals surface area (Å²) in [5.41, 5.74) is 0.483. The molecule has 2 aliphatic heterocycles. The van der Waals surface area contributed by atoms with Crippen LogP contribution in [0.4, 0.5) is 0 Å². The first-order valence-corrected chi connectivity index (χ1v) is 11.7. The van der Waals surface area contributed by atoms with E-state index in [1.807, 2.05) is 13.8 Å². The lowest BCUT2D eigenvalue weighted by Crippen LogP contribution is -3.10. The van der Waals surface area contributed by atoms with Crippen LogP contribution in [-0.2, 0) is 14.8 Å². The maximum Gasteiger partial charge on any atom is 0.251 e. The summed E-state index contributed by atoms with van der Waals surface area (Å²) < 4.78 is 32.8. The maximum atomic E-state index is 12.9. The van der Waals surface area contributed by atoms with E-state index in [9.17, 15) is 13.2 Å². The van der Waals surface area contributed by atoms with Gasteiger partial charge in [-0.3, -0.25) is 4.79 Å². The van der Waals surface area contributed by atoms with Crippen LogP contribution >= 0.6 is 0 Å². The Morgan fingerprint density at radius 1 is 1.14 bits per heavy atom. The fourth-order valence-corrected chi connectivity index (χ4v) is 5.61. The molecule has 1 amide bonds. The number of morpholine rings is 1. The number of likely N-dealkylation sites (tertiary alicyclic amines) is 1. The number of sulfonamides is 1. The van der Waals surface area contributed by atoms with Crippen LogP contribution in [0.5, 0.6) is 0 Å². The molecule has 0 saturated carbocycles. The molecule has 0 radical (unpaired) electrons. The Labute approximate surface area is 168 Å². The Balaban J connectivity index is 1.54. The molecule has 7 nitrogen and oxygen atoms in total. The first-order valence-electron chi connectivity index (χ1n) is 10.2. The van der Waals surface area contributed by atoms with E-state index >= 15 is 0 Å². The van der Waals surface area contributed by atoms with Crippen LogP contribution in [0, 0.1) is 0 Å². The number of amides is 1. The molecule has 3 rings (SSSR count). The zero-order valence-electron chi connectivity index (χ0n) is 16.8. The van der Waals surface area contributed by atoms with Gasteiger partial charge >= 0.3 is 0 Å². The number of carbonyl (C=O) groups excluding carboxylic acids is 1. The van der Waals surface area contributed by atoms with E-state index in [1.54, 1.807) is 17.0 Å². The first-order chi connectivity index (χ1) is 13.4. The van der Waals surface area contributed by atoms with Crippen molar-refractivity contribution in [3.8, 4) is 0 Å². The number of nitrogens with one attached hydrogen (secondary N) is 2. The van der Waals surface area contributed by atoms with Gasteiger partial charge in [0.2, 0.25) is 10.0 Å². The first kappa shape index (κ1) is 21.2. The van der Waals surface area contributed by atoms with Gasteiger partial charge in [-0.25, -0.2) is 8.42 Å². The fourth-order valence-electron chi connectivity index (χ4n) is 4.02. The number of carbonyl (C=O) groups is 1. The minimum atomic E-state index is -3.58. The van der Waals surface area contributed by atoms with Gasteiger partial charge in [0, 0.05) is 44.5 Å². The van der Waals surface area contributed by atoms with Crippen molar-refractivity contribution in [2.24, 2.45) is 0 Å². The number of hydrogen-bond donors (Lipinski definition) is 2. The standard InChI is InChI=1S/C20H31N3O4S/c1-16-14-23(15-17(2)27-16)28(25,26)19-8-6-18(7-9-19)20(24)21-10-5-13-22-11-3-4-12-22/h6-9,16-17H,3-5,10-15H2,1-2H3,(H,21,24)/p+1/t16-,17+. The molecule has 0 unspecified atom stereocenters. The van der Waals surface area contributed by atoms with Gasteiger partial charge in [0.05, 0.1) is 36.7 Å². The van der Waals surface area contributed by atoms with Crippen LogP contribution in [0.2, 0.25) is 0 Å². The zero-order chi connectivity index (χ0) is 20.1. The summed E-state index contributed by atoms with van der Waals surface area (Å²) in [6.07, 6.45) is 3.30. The topological polar surface area (TPSA) is 80.2 Å². The summed E-state index contributed by atoms with van der Waals surface area (Å²) in [5.74, 6) is -0.158. The van der Waals surface area contributed by atoms with Crippen LogP contribution < -0.4 is 10.2 Å². The molecule has 0 aliphatic carbocycles. The third-order valence-corrected chi connectivity index (χ3v) is 7.29. The Morgan fingerprint density at radius 3 is 2.36 bits per heavy atom. The third kappa shape index (κ3) is 5.31. The van der Waals surface area contributed by atoms with E-state index in [-0.39, 0.29) is 23.0 Å². The molecule has 1 aromatic carbocycles. The normalized spacial score (nSPS) is 24.4. The second-order valence-corrected chi connectivity index (χ2v) is 9.86. The average Bonchev–Trinajstić information content (AvgIpc) is 3.18. The molecule has 2 atom stereocenters. The quantitative estimate of drug-likeness (QED) is 0.633. The van der Waals surface area contributed by atoms with Crippen molar-refractivity contribution in [2.75, 3.05) is 39.3 Å². The summed E-state index contributed by atoms with van der Waals surface area (Å²) in [6.45, 7) is 8.64. The smallest absolute Gasteiger partial charge is 0.251 e. The zero-order valence-corrected chi connectivity index (χ0v) is 17.6. The average molecular weight is 411 g/mol. The molecule has 1 aromatic rings.